The molecule has 0 atom stereocenters. The largest absolute Gasteiger partial charge is 0.340 e. The topological polar surface area (TPSA) is 74.3 Å². The number of aromatic nitrogens is 1. The Morgan fingerprint density at radius 2 is 1.64 bits per heavy atom. The second-order valence-corrected chi connectivity index (χ2v) is 6.20. The van der Waals surface area contributed by atoms with Gasteiger partial charge in [-0.25, -0.2) is 4.98 Å². The van der Waals surface area contributed by atoms with Crippen molar-refractivity contribution in [2.45, 2.75) is 13.8 Å². The molecule has 6 heteroatoms. The lowest BCUT2D eigenvalue weighted by Crippen LogP contribution is -2.30. The molecule has 0 aliphatic rings. The molecule has 2 aromatic carbocycles. The fourth-order valence-corrected chi connectivity index (χ4v) is 2.83. The highest BCUT2D eigenvalue weighted by atomic mass is 16.2. The van der Waals surface area contributed by atoms with Crippen molar-refractivity contribution in [3.8, 4) is 0 Å². The van der Waals surface area contributed by atoms with Crippen molar-refractivity contribution < 1.29 is 9.59 Å². The number of pyridine rings is 1. The average molecular weight is 374 g/mol. The van der Waals surface area contributed by atoms with Crippen molar-refractivity contribution >= 4 is 34.7 Å². The number of para-hydroxylation sites is 1. The monoisotopic (exact) mass is 374 g/mol. The van der Waals surface area contributed by atoms with Gasteiger partial charge in [0, 0.05) is 42.3 Å². The van der Waals surface area contributed by atoms with Gasteiger partial charge in [0.25, 0.3) is 5.91 Å². The Balaban J connectivity index is 1.76. The van der Waals surface area contributed by atoms with E-state index in [4.69, 9.17) is 0 Å². The third kappa shape index (κ3) is 4.73. The van der Waals surface area contributed by atoms with Crippen LogP contribution in [-0.4, -0.2) is 23.3 Å². The molecule has 142 valence electrons. The van der Waals surface area contributed by atoms with Crippen molar-refractivity contribution in [3.63, 3.8) is 0 Å². The number of nitrogens with one attached hydrogen (secondary N) is 2. The minimum atomic E-state index is -0.118. The lowest BCUT2D eigenvalue weighted by molar-refractivity contribution is -0.114. The van der Waals surface area contributed by atoms with Gasteiger partial charge in [-0.3, -0.25) is 9.59 Å². The summed E-state index contributed by atoms with van der Waals surface area (Å²) >= 11 is 0. The first-order valence-corrected chi connectivity index (χ1v) is 9.04. The van der Waals surface area contributed by atoms with Crippen LogP contribution in [0.3, 0.4) is 0 Å². The highest BCUT2D eigenvalue weighted by Gasteiger charge is 2.16. The summed E-state index contributed by atoms with van der Waals surface area (Å²) in [6.45, 7) is 3.98. The van der Waals surface area contributed by atoms with Crippen LogP contribution < -0.4 is 15.5 Å². The van der Waals surface area contributed by atoms with Gasteiger partial charge >= 0.3 is 0 Å². The zero-order valence-electron chi connectivity index (χ0n) is 15.8. The minimum Gasteiger partial charge on any atom is -0.340 e. The number of carbonyl (C=O) groups is 2. The average Bonchev–Trinajstić information content (AvgIpc) is 2.71. The van der Waals surface area contributed by atoms with Gasteiger partial charge in [-0.05, 0) is 55.5 Å². The Bertz CT molecular complexity index is 956. The lowest BCUT2D eigenvalue weighted by Gasteiger charge is -2.21. The highest BCUT2D eigenvalue weighted by Crippen LogP contribution is 2.21. The maximum atomic E-state index is 13.0. The molecule has 0 unspecified atom stereocenters. The van der Waals surface area contributed by atoms with Gasteiger partial charge in [0.05, 0.1) is 0 Å². The number of rotatable bonds is 6. The molecular weight excluding hydrogens is 352 g/mol. The van der Waals surface area contributed by atoms with Gasteiger partial charge in [-0.2, -0.15) is 0 Å². The molecule has 28 heavy (non-hydrogen) atoms. The summed E-state index contributed by atoms with van der Waals surface area (Å²) < 4.78 is 0. The van der Waals surface area contributed by atoms with E-state index < -0.39 is 0 Å². The third-order valence-corrected chi connectivity index (χ3v) is 4.11. The summed E-state index contributed by atoms with van der Waals surface area (Å²) in [5.74, 6) is 0.370. The third-order valence-electron chi connectivity index (χ3n) is 4.11. The summed E-state index contributed by atoms with van der Waals surface area (Å²) in [5.41, 5.74) is 2.94. The highest BCUT2D eigenvalue weighted by molar-refractivity contribution is 6.06. The summed E-state index contributed by atoms with van der Waals surface area (Å²) in [6.07, 6.45) is 1.61. The Hall–Kier alpha value is -3.67. The molecule has 3 aromatic rings. The van der Waals surface area contributed by atoms with Crippen molar-refractivity contribution in [2.75, 3.05) is 22.1 Å². The SMILES string of the molecule is CCN(C(=O)c1ccnc(Nc2ccc(NC(C)=O)cc2)c1)c1ccccc1. The molecule has 2 N–H and O–H groups in total. The number of nitrogens with zero attached hydrogens (tertiary/aromatic N) is 2. The van der Waals surface area contributed by atoms with E-state index in [2.05, 4.69) is 15.6 Å². The molecular formula is C22H22N4O2. The molecule has 0 radical (unpaired) electrons. The Labute approximate surface area is 164 Å². The molecule has 3 rings (SSSR count). The fraction of sp³-hybridized carbons (Fsp3) is 0.136. The predicted octanol–water partition coefficient (Wildman–Crippen LogP) is 4.45. The van der Waals surface area contributed by atoms with Crippen LogP contribution in [0.1, 0.15) is 24.2 Å². The van der Waals surface area contributed by atoms with Crippen LogP contribution in [0, 0.1) is 0 Å². The number of benzene rings is 2. The van der Waals surface area contributed by atoms with Crippen LogP contribution >= 0.6 is 0 Å². The summed E-state index contributed by atoms with van der Waals surface area (Å²) in [4.78, 5) is 30.1. The van der Waals surface area contributed by atoms with Crippen molar-refractivity contribution in [3.05, 3.63) is 78.5 Å². The molecule has 0 saturated heterocycles. The molecule has 6 nitrogen and oxygen atoms in total. The van der Waals surface area contributed by atoms with E-state index in [1.807, 2.05) is 49.4 Å². The van der Waals surface area contributed by atoms with Crippen LogP contribution in [0.5, 0.6) is 0 Å². The van der Waals surface area contributed by atoms with Crippen molar-refractivity contribution in [1.29, 1.82) is 0 Å². The molecule has 1 heterocycles. The predicted molar refractivity (Wildman–Crippen MR) is 112 cm³/mol. The first-order valence-electron chi connectivity index (χ1n) is 9.04. The first-order chi connectivity index (χ1) is 13.6. The van der Waals surface area contributed by atoms with Crippen LogP contribution in [0.2, 0.25) is 0 Å². The van der Waals surface area contributed by atoms with Gasteiger partial charge in [-0.1, -0.05) is 18.2 Å². The lowest BCUT2D eigenvalue weighted by atomic mass is 10.2. The fourth-order valence-electron chi connectivity index (χ4n) is 2.83. The van der Waals surface area contributed by atoms with Gasteiger partial charge in [0.1, 0.15) is 5.82 Å². The van der Waals surface area contributed by atoms with E-state index in [1.165, 1.54) is 6.92 Å². The van der Waals surface area contributed by atoms with Crippen LogP contribution in [0.25, 0.3) is 0 Å². The van der Waals surface area contributed by atoms with E-state index in [9.17, 15) is 9.59 Å². The van der Waals surface area contributed by atoms with E-state index in [0.29, 0.717) is 17.9 Å². The summed E-state index contributed by atoms with van der Waals surface area (Å²) in [6, 6.07) is 20.3. The Morgan fingerprint density at radius 3 is 2.29 bits per heavy atom. The van der Waals surface area contributed by atoms with E-state index in [1.54, 1.807) is 35.4 Å². The number of hydrogen-bond donors (Lipinski definition) is 2. The van der Waals surface area contributed by atoms with Gasteiger partial charge in [0.15, 0.2) is 0 Å². The maximum absolute atomic E-state index is 13.0. The molecule has 1 aromatic heterocycles. The quantitative estimate of drug-likeness (QED) is 0.668. The summed E-state index contributed by atoms with van der Waals surface area (Å²) in [5, 5.41) is 5.90. The zero-order valence-corrected chi connectivity index (χ0v) is 15.8. The first kappa shape index (κ1) is 19.1. The van der Waals surface area contributed by atoms with Gasteiger partial charge in [0.2, 0.25) is 5.91 Å². The standard InChI is InChI=1S/C22H22N4O2/c1-3-26(20-7-5-4-6-8-20)22(28)17-13-14-23-21(15-17)25-19-11-9-18(10-12-19)24-16(2)27/h4-15H,3H2,1-2H3,(H,23,25)(H,24,27). The summed E-state index contributed by atoms with van der Waals surface area (Å²) in [7, 11) is 0. The minimum absolute atomic E-state index is 0.0832. The molecule has 2 amide bonds. The molecule has 0 aliphatic carbocycles. The van der Waals surface area contributed by atoms with Crippen molar-refractivity contribution in [2.24, 2.45) is 0 Å². The second kappa shape index (κ2) is 8.81. The van der Waals surface area contributed by atoms with Crippen LogP contribution in [0.4, 0.5) is 22.9 Å². The molecule has 0 aliphatic heterocycles. The van der Waals surface area contributed by atoms with E-state index >= 15 is 0 Å². The normalized spacial score (nSPS) is 10.2. The number of anilines is 4. The molecule has 0 bridgehead atoms. The van der Waals surface area contributed by atoms with Gasteiger partial charge in [-0.15, -0.1) is 0 Å². The van der Waals surface area contributed by atoms with E-state index in [0.717, 1.165) is 17.1 Å². The second-order valence-electron chi connectivity index (χ2n) is 6.20. The van der Waals surface area contributed by atoms with Gasteiger partial charge < -0.3 is 15.5 Å². The molecule has 0 saturated carbocycles. The smallest absolute Gasteiger partial charge is 0.258 e. The Morgan fingerprint density at radius 1 is 0.964 bits per heavy atom. The van der Waals surface area contributed by atoms with Crippen molar-refractivity contribution in [1.82, 2.24) is 4.98 Å². The molecule has 0 spiro atoms. The number of amides is 2. The van der Waals surface area contributed by atoms with Crippen LogP contribution in [-0.2, 0) is 4.79 Å². The Kier molecular flexibility index (Phi) is 6.01. The maximum Gasteiger partial charge on any atom is 0.258 e. The zero-order chi connectivity index (χ0) is 19.9. The number of carbonyl (C=O) groups excluding carboxylic acids is 2. The van der Waals surface area contributed by atoms with E-state index in [-0.39, 0.29) is 11.8 Å². The van der Waals surface area contributed by atoms with Crippen LogP contribution in [0.15, 0.2) is 72.9 Å². The molecule has 0 fully saturated rings. The number of hydrogen-bond acceptors (Lipinski definition) is 4.